The first-order valence-corrected chi connectivity index (χ1v) is 8.63. The number of pyridine rings is 1. The molecule has 3 aromatic rings. The third-order valence-corrected chi connectivity index (χ3v) is 4.65. The Morgan fingerprint density at radius 2 is 1.85 bits per heavy atom. The monoisotopic (exact) mass is 365 g/mol. The summed E-state index contributed by atoms with van der Waals surface area (Å²) >= 11 is 0. The van der Waals surface area contributed by atoms with E-state index in [-0.39, 0.29) is 23.5 Å². The molecule has 1 atom stereocenters. The van der Waals surface area contributed by atoms with Gasteiger partial charge in [-0.3, -0.25) is 4.79 Å². The molecule has 6 heteroatoms. The number of aromatic nitrogens is 1. The van der Waals surface area contributed by atoms with Gasteiger partial charge in [0, 0.05) is 23.5 Å². The van der Waals surface area contributed by atoms with E-state index in [4.69, 9.17) is 0 Å². The fourth-order valence-electron chi connectivity index (χ4n) is 3.39. The van der Waals surface area contributed by atoms with Crippen LogP contribution in [0.15, 0.2) is 60.8 Å². The van der Waals surface area contributed by atoms with Gasteiger partial charge in [0.15, 0.2) is 0 Å². The molecular formula is C21H17F2N3O. The van der Waals surface area contributed by atoms with Crippen LogP contribution < -0.4 is 10.2 Å². The van der Waals surface area contributed by atoms with E-state index in [2.05, 4.69) is 10.3 Å². The summed E-state index contributed by atoms with van der Waals surface area (Å²) in [6, 6.07) is 14.5. The minimum absolute atomic E-state index is 0.0310. The van der Waals surface area contributed by atoms with Crippen molar-refractivity contribution in [3.8, 4) is 0 Å². The van der Waals surface area contributed by atoms with Gasteiger partial charge in [0.25, 0.3) is 5.91 Å². The molecular weight excluding hydrogens is 348 g/mol. The van der Waals surface area contributed by atoms with Crippen molar-refractivity contribution in [3.63, 3.8) is 0 Å². The molecule has 0 radical (unpaired) electrons. The number of para-hydroxylation sites is 2. The average Bonchev–Trinajstić information content (AvgIpc) is 3.00. The Morgan fingerprint density at radius 3 is 2.63 bits per heavy atom. The van der Waals surface area contributed by atoms with Crippen LogP contribution in [0.3, 0.4) is 0 Å². The standard InChI is InChI=1S/C21H17F2N3O/c1-13-11-14-5-2-3-8-18(14)26(13)21(27)15-9-10-24-19(12-15)25-20-16(22)6-4-7-17(20)23/h2-10,12-13H,11H2,1H3,(H,24,25). The van der Waals surface area contributed by atoms with E-state index in [0.29, 0.717) is 5.56 Å². The highest BCUT2D eigenvalue weighted by Gasteiger charge is 2.31. The lowest BCUT2D eigenvalue weighted by Crippen LogP contribution is -2.35. The second kappa shape index (κ2) is 6.79. The molecule has 0 bridgehead atoms. The molecule has 0 saturated heterocycles. The summed E-state index contributed by atoms with van der Waals surface area (Å²) in [4.78, 5) is 18.9. The number of halogens is 2. The molecule has 1 amide bonds. The van der Waals surface area contributed by atoms with E-state index in [9.17, 15) is 13.6 Å². The zero-order chi connectivity index (χ0) is 19.0. The van der Waals surface area contributed by atoms with Crippen LogP contribution in [0.5, 0.6) is 0 Å². The Hall–Kier alpha value is -3.28. The molecule has 1 N–H and O–H groups in total. The first-order chi connectivity index (χ1) is 13.0. The summed E-state index contributed by atoms with van der Waals surface area (Å²) in [5.41, 5.74) is 2.11. The summed E-state index contributed by atoms with van der Waals surface area (Å²) in [6.07, 6.45) is 2.24. The van der Waals surface area contributed by atoms with Crippen LogP contribution in [0.4, 0.5) is 26.0 Å². The number of hydrogen-bond donors (Lipinski definition) is 1. The van der Waals surface area contributed by atoms with E-state index < -0.39 is 11.6 Å². The predicted molar refractivity (Wildman–Crippen MR) is 100 cm³/mol. The maximum Gasteiger partial charge on any atom is 0.258 e. The van der Waals surface area contributed by atoms with Crippen molar-refractivity contribution in [1.29, 1.82) is 0 Å². The number of benzene rings is 2. The predicted octanol–water partition coefficient (Wildman–Crippen LogP) is 4.69. The number of rotatable bonds is 3. The van der Waals surface area contributed by atoms with Crippen LogP contribution >= 0.6 is 0 Å². The van der Waals surface area contributed by atoms with Crippen molar-refractivity contribution in [2.75, 3.05) is 10.2 Å². The van der Waals surface area contributed by atoms with Crippen LogP contribution in [0.25, 0.3) is 0 Å². The molecule has 4 nitrogen and oxygen atoms in total. The van der Waals surface area contributed by atoms with Gasteiger partial charge in [-0.2, -0.15) is 0 Å². The van der Waals surface area contributed by atoms with E-state index in [1.807, 2.05) is 31.2 Å². The highest BCUT2D eigenvalue weighted by atomic mass is 19.1. The van der Waals surface area contributed by atoms with Crippen molar-refractivity contribution < 1.29 is 13.6 Å². The van der Waals surface area contributed by atoms with Gasteiger partial charge in [0.05, 0.1) is 0 Å². The van der Waals surface area contributed by atoms with Crippen LogP contribution in [-0.4, -0.2) is 16.9 Å². The highest BCUT2D eigenvalue weighted by molar-refractivity contribution is 6.08. The molecule has 2 heterocycles. The molecule has 1 aliphatic rings. The molecule has 4 rings (SSSR count). The summed E-state index contributed by atoms with van der Waals surface area (Å²) < 4.78 is 27.7. The Morgan fingerprint density at radius 1 is 1.11 bits per heavy atom. The van der Waals surface area contributed by atoms with Crippen molar-refractivity contribution in [2.45, 2.75) is 19.4 Å². The Kier molecular flexibility index (Phi) is 4.32. The number of amides is 1. The summed E-state index contributed by atoms with van der Waals surface area (Å²) in [6.45, 7) is 1.99. The van der Waals surface area contributed by atoms with Gasteiger partial charge in [0.1, 0.15) is 23.1 Å². The van der Waals surface area contributed by atoms with Crippen LogP contribution in [0, 0.1) is 11.6 Å². The first-order valence-electron chi connectivity index (χ1n) is 8.63. The number of carbonyl (C=O) groups excluding carboxylic acids is 1. The van der Waals surface area contributed by atoms with Crippen molar-refractivity contribution in [3.05, 3.63) is 83.6 Å². The summed E-state index contributed by atoms with van der Waals surface area (Å²) in [5, 5.41) is 2.62. The Balaban J connectivity index is 1.64. The lowest BCUT2D eigenvalue weighted by Gasteiger charge is -2.23. The molecule has 1 aromatic heterocycles. The zero-order valence-corrected chi connectivity index (χ0v) is 14.6. The molecule has 136 valence electrons. The number of nitrogens with zero attached hydrogens (tertiary/aromatic N) is 2. The molecule has 0 fully saturated rings. The SMILES string of the molecule is CC1Cc2ccccc2N1C(=O)c1ccnc(Nc2c(F)cccc2F)c1. The maximum atomic E-state index is 13.9. The van der Waals surface area contributed by atoms with Gasteiger partial charge in [-0.05, 0) is 49.2 Å². The van der Waals surface area contributed by atoms with Gasteiger partial charge in [-0.15, -0.1) is 0 Å². The van der Waals surface area contributed by atoms with E-state index >= 15 is 0 Å². The zero-order valence-electron chi connectivity index (χ0n) is 14.6. The smallest absolute Gasteiger partial charge is 0.258 e. The Labute approximate surface area is 155 Å². The van der Waals surface area contributed by atoms with Crippen molar-refractivity contribution >= 4 is 23.1 Å². The minimum Gasteiger partial charge on any atom is -0.335 e. The van der Waals surface area contributed by atoms with Crippen LogP contribution in [0.2, 0.25) is 0 Å². The molecule has 2 aromatic carbocycles. The van der Waals surface area contributed by atoms with E-state index in [1.54, 1.807) is 11.0 Å². The first kappa shape index (κ1) is 17.1. The van der Waals surface area contributed by atoms with Gasteiger partial charge in [-0.25, -0.2) is 13.8 Å². The molecule has 27 heavy (non-hydrogen) atoms. The average molecular weight is 365 g/mol. The summed E-state index contributed by atoms with van der Waals surface area (Å²) in [7, 11) is 0. The fraction of sp³-hybridized carbons (Fsp3) is 0.143. The quantitative estimate of drug-likeness (QED) is 0.732. The molecule has 1 aliphatic heterocycles. The van der Waals surface area contributed by atoms with E-state index in [0.717, 1.165) is 29.8 Å². The third kappa shape index (κ3) is 3.14. The van der Waals surface area contributed by atoms with Gasteiger partial charge in [0.2, 0.25) is 0 Å². The van der Waals surface area contributed by atoms with E-state index in [1.165, 1.54) is 18.3 Å². The molecule has 1 unspecified atom stereocenters. The molecule has 0 spiro atoms. The van der Waals surface area contributed by atoms with Gasteiger partial charge < -0.3 is 10.2 Å². The lowest BCUT2D eigenvalue weighted by molar-refractivity contribution is 0.0981. The normalized spacial score (nSPS) is 15.5. The maximum absolute atomic E-state index is 13.9. The highest BCUT2D eigenvalue weighted by Crippen LogP contribution is 2.33. The Bertz CT molecular complexity index is 1000. The molecule has 0 saturated carbocycles. The number of fused-ring (bicyclic) bond motifs is 1. The lowest BCUT2D eigenvalue weighted by atomic mass is 10.1. The van der Waals surface area contributed by atoms with Crippen molar-refractivity contribution in [2.24, 2.45) is 0 Å². The second-order valence-electron chi connectivity index (χ2n) is 6.51. The number of hydrogen-bond acceptors (Lipinski definition) is 3. The molecule has 0 aliphatic carbocycles. The summed E-state index contributed by atoms with van der Waals surface area (Å²) in [5.74, 6) is -1.43. The number of carbonyl (C=O) groups is 1. The van der Waals surface area contributed by atoms with Crippen LogP contribution in [0.1, 0.15) is 22.8 Å². The van der Waals surface area contributed by atoms with Crippen LogP contribution in [-0.2, 0) is 6.42 Å². The number of anilines is 3. The fourth-order valence-corrected chi connectivity index (χ4v) is 3.39. The largest absolute Gasteiger partial charge is 0.335 e. The topological polar surface area (TPSA) is 45.2 Å². The van der Waals surface area contributed by atoms with Gasteiger partial charge in [-0.1, -0.05) is 24.3 Å². The number of nitrogens with one attached hydrogen (secondary N) is 1. The second-order valence-corrected chi connectivity index (χ2v) is 6.51. The third-order valence-electron chi connectivity index (χ3n) is 4.65. The minimum atomic E-state index is -0.726. The van der Waals surface area contributed by atoms with Gasteiger partial charge >= 0.3 is 0 Å². The van der Waals surface area contributed by atoms with Crippen molar-refractivity contribution in [1.82, 2.24) is 4.98 Å².